The first-order valence-electron chi connectivity index (χ1n) is 10.6. The summed E-state index contributed by atoms with van der Waals surface area (Å²) in [7, 11) is 1.22. The zero-order chi connectivity index (χ0) is 24.8. The summed E-state index contributed by atoms with van der Waals surface area (Å²) < 4.78 is 21.4. The molecule has 5 unspecified atom stereocenters. The Kier molecular flexibility index (Phi) is 9.81. The minimum atomic E-state index is -0.870. The van der Waals surface area contributed by atoms with Crippen molar-refractivity contribution >= 4 is 29.7 Å². The smallest absolute Gasteiger partial charge is 0.306 e. The van der Waals surface area contributed by atoms with Crippen LogP contribution in [0.2, 0.25) is 0 Å². The second-order valence-electron chi connectivity index (χ2n) is 9.05. The number of ether oxygens (including phenoxy) is 4. The predicted molar refractivity (Wildman–Crippen MR) is 112 cm³/mol. The van der Waals surface area contributed by atoms with Gasteiger partial charge < -0.3 is 18.9 Å². The summed E-state index contributed by atoms with van der Waals surface area (Å²) in [6, 6.07) is -0.782. The van der Waals surface area contributed by atoms with E-state index in [1.165, 1.54) is 27.9 Å². The van der Waals surface area contributed by atoms with E-state index in [0.717, 1.165) is 4.90 Å². The van der Waals surface area contributed by atoms with Crippen LogP contribution >= 0.6 is 0 Å². The first kappa shape index (κ1) is 27.5. The van der Waals surface area contributed by atoms with Gasteiger partial charge in [0.25, 0.3) is 0 Å². The van der Waals surface area contributed by atoms with Crippen LogP contribution in [-0.4, -0.2) is 72.7 Å². The number of carbonyl (C=O) groups excluding carboxylic acids is 5. The molecule has 1 fully saturated rings. The summed E-state index contributed by atoms with van der Waals surface area (Å²) in [5.74, 6) is -3.27. The van der Waals surface area contributed by atoms with Gasteiger partial charge in [0.15, 0.2) is 0 Å². The second-order valence-corrected chi connectivity index (χ2v) is 9.05. The van der Waals surface area contributed by atoms with Crippen LogP contribution in [0.15, 0.2) is 0 Å². The first-order chi connectivity index (χ1) is 14.7. The molecule has 0 aromatic carbocycles. The van der Waals surface area contributed by atoms with Crippen molar-refractivity contribution in [3.8, 4) is 0 Å². The van der Waals surface area contributed by atoms with E-state index in [0.29, 0.717) is 0 Å². The fourth-order valence-corrected chi connectivity index (χ4v) is 3.93. The molecule has 0 N–H and O–H groups in total. The van der Waals surface area contributed by atoms with Gasteiger partial charge in [-0.3, -0.25) is 28.9 Å². The molecule has 0 aromatic rings. The third-order valence-corrected chi connectivity index (χ3v) is 5.34. The normalized spacial score (nSPS) is 25.4. The summed E-state index contributed by atoms with van der Waals surface area (Å²) >= 11 is 0. The van der Waals surface area contributed by atoms with E-state index in [1.807, 2.05) is 20.8 Å². The molecular weight excluding hydrogens is 422 g/mol. The van der Waals surface area contributed by atoms with Gasteiger partial charge in [-0.25, -0.2) is 0 Å². The van der Waals surface area contributed by atoms with Crippen LogP contribution in [0.3, 0.4) is 0 Å². The largest absolute Gasteiger partial charge is 0.469 e. The maximum Gasteiger partial charge on any atom is 0.306 e. The zero-order valence-corrected chi connectivity index (χ0v) is 20.1. The van der Waals surface area contributed by atoms with Crippen molar-refractivity contribution in [1.82, 2.24) is 4.90 Å². The van der Waals surface area contributed by atoms with E-state index >= 15 is 0 Å². The fraction of sp³-hybridized carbons (Fsp3) is 0.773. The van der Waals surface area contributed by atoms with Gasteiger partial charge in [0.1, 0.15) is 18.8 Å². The summed E-state index contributed by atoms with van der Waals surface area (Å²) in [5, 5.41) is 0. The molecule has 0 bridgehead atoms. The Morgan fingerprint density at radius 3 is 2.00 bits per heavy atom. The molecule has 0 radical (unpaired) electrons. The monoisotopic (exact) mass is 457 g/mol. The van der Waals surface area contributed by atoms with Crippen LogP contribution in [0, 0.1) is 11.3 Å². The summed E-state index contributed by atoms with van der Waals surface area (Å²) in [5.41, 5.74) is -0.537. The number of hydrogen-bond donors (Lipinski definition) is 0. The van der Waals surface area contributed by atoms with Gasteiger partial charge >= 0.3 is 17.9 Å². The molecule has 1 heterocycles. The van der Waals surface area contributed by atoms with Crippen molar-refractivity contribution in [3.05, 3.63) is 0 Å². The van der Waals surface area contributed by atoms with Gasteiger partial charge in [-0.15, -0.1) is 0 Å². The first-order valence-corrected chi connectivity index (χ1v) is 10.6. The standard InChI is InChI=1S/C22H35NO9/c1-12-19(23(13(2)24)17(27)9-10-18(28)29-8)21(22(5,6)7)32-16(11-30-14(3)25)20(12)31-15(4)26/h12,16,19-21H,9-11H2,1-8H3. The molecule has 2 amide bonds. The average molecular weight is 458 g/mol. The number of methoxy groups -OCH3 is 1. The van der Waals surface area contributed by atoms with Gasteiger partial charge in [0, 0.05) is 33.1 Å². The molecule has 1 rings (SSSR count). The number of amides is 2. The van der Waals surface area contributed by atoms with E-state index in [1.54, 1.807) is 6.92 Å². The third-order valence-electron chi connectivity index (χ3n) is 5.34. The molecule has 0 spiro atoms. The van der Waals surface area contributed by atoms with Crippen molar-refractivity contribution in [2.45, 2.75) is 85.7 Å². The van der Waals surface area contributed by atoms with E-state index < -0.39 is 65.4 Å². The number of esters is 3. The number of imide groups is 1. The lowest BCUT2D eigenvalue weighted by Crippen LogP contribution is -2.66. The SMILES string of the molecule is COC(=O)CCC(=O)N(C(C)=O)C1C(C)C(OC(C)=O)C(COC(C)=O)OC1C(C)(C)C. The Hall–Kier alpha value is -2.49. The lowest BCUT2D eigenvalue weighted by atomic mass is 9.74. The third kappa shape index (κ3) is 7.29. The number of rotatable bonds is 7. The van der Waals surface area contributed by atoms with Crippen molar-refractivity contribution in [2.75, 3.05) is 13.7 Å². The highest BCUT2D eigenvalue weighted by Gasteiger charge is 2.53. The molecule has 1 aliphatic heterocycles. The van der Waals surface area contributed by atoms with Crippen LogP contribution in [0.1, 0.15) is 61.3 Å². The molecule has 10 nitrogen and oxygen atoms in total. The Morgan fingerprint density at radius 1 is 0.969 bits per heavy atom. The number of carbonyl (C=O) groups is 5. The van der Waals surface area contributed by atoms with Crippen molar-refractivity contribution in [3.63, 3.8) is 0 Å². The topological polar surface area (TPSA) is 126 Å². The van der Waals surface area contributed by atoms with Crippen LogP contribution in [-0.2, 0) is 42.9 Å². The summed E-state index contributed by atoms with van der Waals surface area (Å²) in [4.78, 5) is 61.4. The van der Waals surface area contributed by atoms with Gasteiger partial charge in [0.05, 0.1) is 25.7 Å². The Balaban J connectivity index is 3.39. The highest BCUT2D eigenvalue weighted by atomic mass is 16.6. The molecular formula is C22H35NO9. The number of hydrogen-bond acceptors (Lipinski definition) is 9. The van der Waals surface area contributed by atoms with Crippen molar-refractivity contribution in [1.29, 1.82) is 0 Å². The average Bonchev–Trinajstić information content (AvgIpc) is 2.66. The van der Waals surface area contributed by atoms with E-state index in [-0.39, 0.29) is 19.4 Å². The lowest BCUT2D eigenvalue weighted by molar-refractivity contribution is -0.227. The minimum absolute atomic E-state index is 0.146. The lowest BCUT2D eigenvalue weighted by Gasteiger charge is -2.52. The highest BCUT2D eigenvalue weighted by molar-refractivity contribution is 5.95. The molecule has 10 heteroatoms. The van der Waals surface area contributed by atoms with Crippen molar-refractivity contribution in [2.24, 2.45) is 11.3 Å². The predicted octanol–water partition coefficient (Wildman–Crippen LogP) is 1.63. The molecule has 5 atom stereocenters. The van der Waals surface area contributed by atoms with Crippen molar-refractivity contribution < 1.29 is 42.9 Å². The van der Waals surface area contributed by atoms with Gasteiger partial charge in [-0.05, 0) is 5.41 Å². The Morgan fingerprint density at radius 2 is 1.56 bits per heavy atom. The fourth-order valence-electron chi connectivity index (χ4n) is 3.93. The molecule has 0 saturated carbocycles. The van der Waals surface area contributed by atoms with E-state index in [9.17, 15) is 24.0 Å². The summed E-state index contributed by atoms with van der Waals surface area (Å²) in [6.07, 6.45) is -2.70. The van der Waals surface area contributed by atoms with Gasteiger partial charge in [-0.2, -0.15) is 0 Å². The maximum atomic E-state index is 13.0. The zero-order valence-electron chi connectivity index (χ0n) is 20.1. The maximum absolute atomic E-state index is 13.0. The molecule has 1 aliphatic rings. The highest BCUT2D eigenvalue weighted by Crippen LogP contribution is 2.40. The summed E-state index contributed by atoms with van der Waals surface area (Å²) in [6.45, 7) is 11.0. The molecule has 182 valence electrons. The minimum Gasteiger partial charge on any atom is -0.469 e. The molecule has 1 saturated heterocycles. The van der Waals surface area contributed by atoms with Crippen LogP contribution < -0.4 is 0 Å². The Bertz CT molecular complexity index is 727. The van der Waals surface area contributed by atoms with Crippen LogP contribution in [0.5, 0.6) is 0 Å². The molecule has 0 aromatic heterocycles. The quantitative estimate of drug-likeness (QED) is 0.414. The van der Waals surface area contributed by atoms with Gasteiger partial charge in [-0.1, -0.05) is 27.7 Å². The number of nitrogens with zero attached hydrogens (tertiary/aromatic N) is 1. The second kappa shape index (κ2) is 11.4. The van der Waals surface area contributed by atoms with Gasteiger partial charge in [0.2, 0.25) is 11.8 Å². The van der Waals surface area contributed by atoms with Crippen LogP contribution in [0.25, 0.3) is 0 Å². The Labute approximate surface area is 188 Å². The van der Waals surface area contributed by atoms with E-state index in [4.69, 9.17) is 14.2 Å². The van der Waals surface area contributed by atoms with Crippen LogP contribution in [0.4, 0.5) is 0 Å². The molecule has 0 aliphatic carbocycles. The van der Waals surface area contributed by atoms with E-state index in [2.05, 4.69) is 4.74 Å². The molecule has 32 heavy (non-hydrogen) atoms.